The highest BCUT2D eigenvalue weighted by atomic mass is 31.0. The van der Waals surface area contributed by atoms with Gasteiger partial charge in [-0.1, -0.05) is 73.6 Å². The Kier molecular flexibility index (Phi) is 38.2. The molecule has 0 rings (SSSR count). The number of carboxylic acids is 3. The highest BCUT2D eigenvalue weighted by Gasteiger charge is 2.22. The zero-order chi connectivity index (χ0) is 43.8. The van der Waals surface area contributed by atoms with Crippen molar-refractivity contribution in [3.05, 3.63) is 0 Å². The van der Waals surface area contributed by atoms with E-state index in [2.05, 4.69) is 25.1 Å². The summed E-state index contributed by atoms with van der Waals surface area (Å²) in [6.07, 6.45) is 15.7. The smallest absolute Gasteiger partial charge is 0.320 e. The molecule has 0 spiro atoms. The molecule has 6 N–H and O–H groups in total. The number of carbonyl (C=O) groups is 7. The summed E-state index contributed by atoms with van der Waals surface area (Å²) in [6, 6.07) is -0.627. The van der Waals surface area contributed by atoms with Crippen LogP contribution in [-0.2, 0) is 52.5 Å². The maximum atomic E-state index is 12.4. The average Bonchev–Trinajstić information content (AvgIpc) is 3.19. The minimum absolute atomic E-state index is 0.00353. The number of hydrogen-bond donors (Lipinski definition) is 6. The molecule has 0 bridgehead atoms. The van der Waals surface area contributed by atoms with Crippen LogP contribution in [0.15, 0.2) is 0 Å². The summed E-state index contributed by atoms with van der Waals surface area (Å²) in [5.74, 6) is -4.35. The molecule has 0 fully saturated rings. The maximum Gasteiger partial charge on any atom is 0.320 e. The first-order valence-corrected chi connectivity index (χ1v) is 22.0. The third-order valence-corrected chi connectivity index (χ3v) is 9.84. The number of ketones is 2. The van der Waals surface area contributed by atoms with Gasteiger partial charge in [0.25, 0.3) is 0 Å². The molecule has 0 heterocycles. The van der Waals surface area contributed by atoms with Gasteiger partial charge in [0.2, 0.25) is 11.8 Å². The summed E-state index contributed by atoms with van der Waals surface area (Å²) in [4.78, 5) is 81.5. The van der Waals surface area contributed by atoms with Crippen molar-refractivity contribution in [1.29, 1.82) is 0 Å². The van der Waals surface area contributed by atoms with E-state index in [1.165, 1.54) is 19.3 Å². The first-order chi connectivity index (χ1) is 28.5. The first kappa shape index (κ1) is 55.9. The molecule has 0 aliphatic rings. The Morgan fingerprint density at radius 1 is 0.458 bits per heavy atom. The Bertz CT molecular complexity index is 1160. The molecule has 18 heteroatoms. The Labute approximate surface area is 352 Å². The fourth-order valence-corrected chi connectivity index (χ4v) is 6.29. The molecule has 0 aromatic rings. The highest BCUT2D eigenvalue weighted by molar-refractivity contribution is 7.13. The number of Topliss-reactive ketones (excluding diaryl/α,β-unsaturated/α-hetero) is 2. The second kappa shape index (κ2) is 40.3. The van der Waals surface area contributed by atoms with E-state index < -0.39 is 29.9 Å². The molecule has 342 valence electrons. The van der Waals surface area contributed by atoms with Gasteiger partial charge in [-0.3, -0.25) is 38.6 Å². The highest BCUT2D eigenvalue weighted by Crippen LogP contribution is 2.17. The molecule has 0 aliphatic heterocycles. The number of carbonyl (C=O) groups excluding carboxylic acids is 4. The van der Waals surface area contributed by atoms with E-state index in [0.29, 0.717) is 45.3 Å². The minimum Gasteiger partial charge on any atom is -0.481 e. The van der Waals surface area contributed by atoms with Gasteiger partial charge >= 0.3 is 17.9 Å². The second-order valence-electron chi connectivity index (χ2n) is 14.7. The van der Waals surface area contributed by atoms with E-state index in [1.807, 2.05) is 0 Å². The van der Waals surface area contributed by atoms with Gasteiger partial charge in [0.1, 0.15) is 25.0 Å². The SMILES string of the molecule is O=C(O)CCCCCCCCCCCCCCC(=O)C[C@@H](CCC(=O)NCCOCCOCC(=O)CCCOCCOCC(=O)NCCCC[C@H](NP)C(=O)O)C(=O)O. The molecule has 0 saturated heterocycles. The van der Waals surface area contributed by atoms with Gasteiger partial charge in [-0.2, -0.15) is 0 Å². The van der Waals surface area contributed by atoms with Gasteiger partial charge in [0.15, 0.2) is 5.78 Å². The molecule has 2 amide bonds. The normalized spacial score (nSPS) is 12.2. The minimum atomic E-state index is -1.08. The van der Waals surface area contributed by atoms with Crippen molar-refractivity contribution in [2.75, 3.05) is 65.9 Å². The van der Waals surface area contributed by atoms with Crippen LogP contribution in [0.5, 0.6) is 0 Å². The standard InChI is InChI=1S/C41H74N3O14P/c45-34(16-11-9-7-5-3-1-2-4-6-8-10-12-19-39(49)50)30-33(40(51)52)20-21-37(47)43-23-25-56-27-28-57-31-35(46)17-15-24-55-26-29-58-32-38(48)42-22-14-13-18-36(44-59)41(53)54/h33,36,44H,1-32,59H2,(H,42,48)(H,43,47)(H,49,50)(H,51,52)(H,53,54)/t33-,36+/m1/s1. The van der Waals surface area contributed by atoms with Gasteiger partial charge in [0.05, 0.1) is 39.0 Å². The van der Waals surface area contributed by atoms with Gasteiger partial charge in [-0.05, 0) is 44.9 Å². The number of carboxylic acid groups (broad SMARTS) is 3. The second-order valence-corrected chi connectivity index (χ2v) is 15.0. The topological polar surface area (TPSA) is 253 Å². The predicted octanol–water partition coefficient (Wildman–Crippen LogP) is 4.62. The van der Waals surface area contributed by atoms with Crippen molar-refractivity contribution < 1.29 is 67.8 Å². The molecular formula is C41H74N3O14P. The van der Waals surface area contributed by atoms with Crippen LogP contribution in [0.25, 0.3) is 0 Å². The number of nitrogens with one attached hydrogen (secondary N) is 3. The van der Waals surface area contributed by atoms with E-state index in [1.54, 1.807) is 0 Å². The van der Waals surface area contributed by atoms with Crippen molar-refractivity contribution in [3.63, 3.8) is 0 Å². The van der Waals surface area contributed by atoms with E-state index in [4.69, 9.17) is 29.2 Å². The van der Waals surface area contributed by atoms with Crippen molar-refractivity contribution in [2.45, 2.75) is 147 Å². The van der Waals surface area contributed by atoms with E-state index in [-0.39, 0.29) is 108 Å². The van der Waals surface area contributed by atoms with Gasteiger partial charge in [-0.15, -0.1) is 0 Å². The third kappa shape index (κ3) is 38.9. The van der Waals surface area contributed by atoms with Gasteiger partial charge < -0.3 is 44.9 Å². The number of rotatable bonds is 45. The Morgan fingerprint density at radius 2 is 0.983 bits per heavy atom. The van der Waals surface area contributed by atoms with Crippen LogP contribution in [0.1, 0.15) is 141 Å². The summed E-state index contributed by atoms with van der Waals surface area (Å²) >= 11 is 0. The fraction of sp³-hybridized carbons (Fsp3) is 0.829. The van der Waals surface area contributed by atoms with Crippen LogP contribution >= 0.6 is 9.39 Å². The van der Waals surface area contributed by atoms with Crippen LogP contribution in [0.2, 0.25) is 0 Å². The van der Waals surface area contributed by atoms with E-state index in [0.717, 1.165) is 57.8 Å². The number of ether oxygens (including phenoxy) is 4. The number of amides is 2. The zero-order valence-corrected chi connectivity index (χ0v) is 36.3. The Balaban J connectivity index is 3.66. The first-order valence-electron chi connectivity index (χ1n) is 21.5. The quantitative estimate of drug-likeness (QED) is 0.0361. The predicted molar refractivity (Wildman–Crippen MR) is 224 cm³/mol. The average molecular weight is 864 g/mol. The molecule has 0 aromatic carbocycles. The van der Waals surface area contributed by atoms with Crippen molar-refractivity contribution in [2.24, 2.45) is 5.92 Å². The molecule has 1 unspecified atom stereocenters. The Morgan fingerprint density at radius 3 is 1.56 bits per heavy atom. The monoisotopic (exact) mass is 863 g/mol. The fourth-order valence-electron chi connectivity index (χ4n) is 5.98. The number of unbranched alkanes of at least 4 members (excludes halogenated alkanes) is 12. The lowest BCUT2D eigenvalue weighted by Gasteiger charge is -2.12. The van der Waals surface area contributed by atoms with Crippen LogP contribution in [-0.4, -0.2) is 129 Å². The van der Waals surface area contributed by atoms with Crippen LogP contribution in [0.4, 0.5) is 0 Å². The molecule has 0 radical (unpaired) electrons. The van der Waals surface area contributed by atoms with Gasteiger partial charge in [0, 0.05) is 51.8 Å². The maximum absolute atomic E-state index is 12.4. The lowest BCUT2D eigenvalue weighted by molar-refractivity contribution is -0.144. The zero-order valence-electron chi connectivity index (χ0n) is 35.2. The summed E-state index contributed by atoms with van der Waals surface area (Å²) < 4.78 is 21.4. The molecule has 17 nitrogen and oxygen atoms in total. The summed E-state index contributed by atoms with van der Waals surface area (Å²) in [6.45, 7) is 2.05. The van der Waals surface area contributed by atoms with Crippen LogP contribution < -0.4 is 15.7 Å². The van der Waals surface area contributed by atoms with Gasteiger partial charge in [-0.25, -0.2) is 0 Å². The summed E-state index contributed by atoms with van der Waals surface area (Å²) in [5.41, 5.74) is 0. The summed E-state index contributed by atoms with van der Waals surface area (Å²) in [5, 5.41) is 35.2. The molecular weight excluding hydrogens is 789 g/mol. The molecule has 0 aliphatic carbocycles. The lowest BCUT2D eigenvalue weighted by atomic mass is 9.94. The van der Waals surface area contributed by atoms with Crippen molar-refractivity contribution >= 4 is 50.7 Å². The van der Waals surface area contributed by atoms with Crippen LogP contribution in [0, 0.1) is 5.92 Å². The van der Waals surface area contributed by atoms with E-state index >= 15 is 0 Å². The summed E-state index contributed by atoms with van der Waals surface area (Å²) in [7, 11) is 2.19. The van der Waals surface area contributed by atoms with Crippen molar-refractivity contribution in [1.82, 2.24) is 15.7 Å². The molecule has 59 heavy (non-hydrogen) atoms. The molecule has 0 aromatic heterocycles. The Hall–Kier alpha value is -3.08. The van der Waals surface area contributed by atoms with E-state index in [9.17, 15) is 38.7 Å². The largest absolute Gasteiger partial charge is 0.481 e. The number of hydrogen-bond acceptors (Lipinski definition) is 12. The third-order valence-electron chi connectivity index (χ3n) is 9.43. The van der Waals surface area contributed by atoms with Crippen LogP contribution in [0.3, 0.4) is 0 Å². The molecule has 0 saturated carbocycles. The number of aliphatic carboxylic acids is 3. The van der Waals surface area contributed by atoms with Crippen molar-refractivity contribution in [3.8, 4) is 0 Å². The lowest BCUT2D eigenvalue weighted by Crippen LogP contribution is -2.31. The molecule has 3 atom stereocenters.